The molecule has 0 aliphatic rings. The lowest BCUT2D eigenvalue weighted by Crippen LogP contribution is -2.26. The van der Waals surface area contributed by atoms with Gasteiger partial charge in [0.25, 0.3) is 0 Å². The molecule has 4 nitrogen and oxygen atoms in total. The van der Waals surface area contributed by atoms with E-state index in [0.717, 1.165) is 30.2 Å². The molecule has 1 aromatic rings. The standard InChI is InChI=1S/C14H28N4S/c1-4-7-10-18(11-8-5-2)12-13-14(15-9-6-3)19-17-16-13/h15H,4-12H2,1-3H3. The van der Waals surface area contributed by atoms with Crippen molar-refractivity contribution in [3.63, 3.8) is 0 Å². The van der Waals surface area contributed by atoms with Crippen LogP contribution in [-0.4, -0.2) is 34.1 Å². The quantitative estimate of drug-likeness (QED) is 0.671. The van der Waals surface area contributed by atoms with Crippen LogP contribution in [0.5, 0.6) is 0 Å². The van der Waals surface area contributed by atoms with Crippen molar-refractivity contribution in [3.05, 3.63) is 5.69 Å². The maximum Gasteiger partial charge on any atom is 0.134 e. The van der Waals surface area contributed by atoms with Gasteiger partial charge in [-0.3, -0.25) is 4.90 Å². The molecule has 0 spiro atoms. The molecule has 0 atom stereocenters. The van der Waals surface area contributed by atoms with Crippen molar-refractivity contribution in [2.45, 2.75) is 59.4 Å². The van der Waals surface area contributed by atoms with E-state index in [4.69, 9.17) is 0 Å². The smallest absolute Gasteiger partial charge is 0.134 e. The summed E-state index contributed by atoms with van der Waals surface area (Å²) in [6.45, 7) is 10.9. The molecular weight excluding hydrogens is 256 g/mol. The van der Waals surface area contributed by atoms with E-state index >= 15 is 0 Å². The van der Waals surface area contributed by atoms with Gasteiger partial charge in [-0.2, -0.15) is 0 Å². The lowest BCUT2D eigenvalue weighted by atomic mass is 10.2. The highest BCUT2D eigenvalue weighted by Gasteiger charge is 2.12. The molecule has 1 heterocycles. The summed E-state index contributed by atoms with van der Waals surface area (Å²) in [4.78, 5) is 2.51. The van der Waals surface area contributed by atoms with Crippen LogP contribution in [0.15, 0.2) is 0 Å². The van der Waals surface area contributed by atoms with Crippen LogP contribution < -0.4 is 5.32 Å². The third kappa shape index (κ3) is 6.34. The molecule has 0 aliphatic carbocycles. The largest absolute Gasteiger partial charge is 0.374 e. The molecule has 0 bridgehead atoms. The van der Waals surface area contributed by atoms with Gasteiger partial charge >= 0.3 is 0 Å². The Hall–Kier alpha value is -0.680. The van der Waals surface area contributed by atoms with Crippen molar-refractivity contribution in [2.24, 2.45) is 0 Å². The Kier molecular flexibility index (Phi) is 8.75. The zero-order valence-electron chi connectivity index (χ0n) is 12.6. The van der Waals surface area contributed by atoms with Crippen LogP contribution in [0.2, 0.25) is 0 Å². The van der Waals surface area contributed by atoms with Gasteiger partial charge in [-0.25, -0.2) is 0 Å². The summed E-state index contributed by atoms with van der Waals surface area (Å²) in [6, 6.07) is 0. The monoisotopic (exact) mass is 284 g/mol. The minimum absolute atomic E-state index is 0.933. The van der Waals surface area contributed by atoms with Crippen LogP contribution in [0.3, 0.4) is 0 Å². The van der Waals surface area contributed by atoms with Gasteiger partial charge in [0.05, 0.1) is 0 Å². The first-order chi connectivity index (χ1) is 9.31. The first-order valence-corrected chi connectivity index (χ1v) is 8.36. The van der Waals surface area contributed by atoms with Crippen LogP contribution in [-0.2, 0) is 6.54 Å². The third-order valence-corrected chi connectivity index (χ3v) is 3.85. The Labute approximate surface area is 121 Å². The summed E-state index contributed by atoms with van der Waals surface area (Å²) in [5, 5.41) is 8.87. The number of nitrogens with zero attached hydrogens (tertiary/aromatic N) is 3. The number of nitrogens with one attached hydrogen (secondary N) is 1. The fraction of sp³-hybridized carbons (Fsp3) is 0.857. The minimum atomic E-state index is 0.933. The summed E-state index contributed by atoms with van der Waals surface area (Å²) >= 11 is 1.48. The van der Waals surface area contributed by atoms with Crippen LogP contribution >= 0.6 is 11.5 Å². The summed E-state index contributed by atoms with van der Waals surface area (Å²) < 4.78 is 4.09. The van der Waals surface area contributed by atoms with Crippen LogP contribution in [0.1, 0.15) is 58.6 Å². The molecule has 0 saturated heterocycles. The highest BCUT2D eigenvalue weighted by molar-refractivity contribution is 7.10. The summed E-state index contributed by atoms with van der Waals surface area (Å²) in [5.74, 6) is 0. The highest BCUT2D eigenvalue weighted by atomic mass is 32.1. The minimum Gasteiger partial charge on any atom is -0.374 e. The molecule has 0 aliphatic heterocycles. The van der Waals surface area contributed by atoms with E-state index in [9.17, 15) is 0 Å². The maximum absolute atomic E-state index is 4.29. The number of hydrogen-bond acceptors (Lipinski definition) is 5. The average molecular weight is 284 g/mol. The first-order valence-electron chi connectivity index (χ1n) is 7.59. The van der Waals surface area contributed by atoms with Crippen LogP contribution in [0.25, 0.3) is 0 Å². The Morgan fingerprint density at radius 3 is 2.32 bits per heavy atom. The molecule has 1 rings (SSSR count). The van der Waals surface area contributed by atoms with Gasteiger partial charge in [-0.15, -0.1) is 5.10 Å². The average Bonchev–Trinajstić information content (AvgIpc) is 2.86. The second-order valence-corrected chi connectivity index (χ2v) is 5.71. The van der Waals surface area contributed by atoms with Crippen molar-refractivity contribution in [1.29, 1.82) is 0 Å². The number of hydrogen-bond donors (Lipinski definition) is 1. The van der Waals surface area contributed by atoms with Crippen molar-refractivity contribution < 1.29 is 0 Å². The number of unbranched alkanes of at least 4 members (excludes halogenated alkanes) is 2. The lowest BCUT2D eigenvalue weighted by molar-refractivity contribution is 0.254. The van der Waals surface area contributed by atoms with Crippen molar-refractivity contribution in [2.75, 3.05) is 25.0 Å². The second kappa shape index (κ2) is 10.1. The Morgan fingerprint density at radius 2 is 1.74 bits per heavy atom. The predicted molar refractivity (Wildman–Crippen MR) is 83.8 cm³/mol. The molecule has 0 aromatic carbocycles. The molecule has 1 N–H and O–H groups in total. The molecule has 0 radical (unpaired) electrons. The van der Waals surface area contributed by atoms with E-state index in [2.05, 4.69) is 40.6 Å². The van der Waals surface area contributed by atoms with E-state index in [1.54, 1.807) is 0 Å². The molecule has 0 saturated carbocycles. The Morgan fingerprint density at radius 1 is 1.05 bits per heavy atom. The molecular formula is C14H28N4S. The maximum atomic E-state index is 4.29. The van der Waals surface area contributed by atoms with Gasteiger partial charge in [0.2, 0.25) is 0 Å². The molecule has 5 heteroatoms. The fourth-order valence-corrected chi connectivity index (χ4v) is 2.53. The third-order valence-electron chi connectivity index (χ3n) is 3.12. The SMILES string of the molecule is CCCCN(CCCC)Cc1nnsc1NCCC. The van der Waals surface area contributed by atoms with Gasteiger partial charge in [0.1, 0.15) is 10.7 Å². The predicted octanol–water partition coefficient (Wildman–Crippen LogP) is 3.76. The van der Waals surface area contributed by atoms with Crippen LogP contribution in [0, 0.1) is 0 Å². The van der Waals surface area contributed by atoms with Gasteiger partial charge in [0.15, 0.2) is 0 Å². The van der Waals surface area contributed by atoms with E-state index in [-0.39, 0.29) is 0 Å². The van der Waals surface area contributed by atoms with E-state index in [0.29, 0.717) is 0 Å². The summed E-state index contributed by atoms with van der Waals surface area (Å²) in [5.41, 5.74) is 1.12. The summed E-state index contributed by atoms with van der Waals surface area (Å²) in [7, 11) is 0. The lowest BCUT2D eigenvalue weighted by Gasteiger charge is -2.21. The zero-order valence-corrected chi connectivity index (χ0v) is 13.4. The molecule has 0 amide bonds. The van der Waals surface area contributed by atoms with Crippen molar-refractivity contribution in [1.82, 2.24) is 14.5 Å². The zero-order chi connectivity index (χ0) is 13.9. The van der Waals surface area contributed by atoms with Gasteiger partial charge in [0, 0.05) is 24.6 Å². The van der Waals surface area contributed by atoms with E-state index in [1.165, 1.54) is 50.3 Å². The van der Waals surface area contributed by atoms with Crippen molar-refractivity contribution >= 4 is 16.5 Å². The second-order valence-electron chi connectivity index (χ2n) is 4.96. The summed E-state index contributed by atoms with van der Waals surface area (Å²) in [6.07, 6.45) is 6.16. The van der Waals surface area contributed by atoms with Gasteiger partial charge in [-0.1, -0.05) is 38.1 Å². The molecule has 1 aromatic heterocycles. The van der Waals surface area contributed by atoms with Gasteiger partial charge < -0.3 is 5.32 Å². The van der Waals surface area contributed by atoms with Crippen LogP contribution in [0.4, 0.5) is 5.00 Å². The van der Waals surface area contributed by atoms with Crippen molar-refractivity contribution in [3.8, 4) is 0 Å². The normalized spacial score (nSPS) is 11.2. The van der Waals surface area contributed by atoms with Gasteiger partial charge in [-0.05, 0) is 32.4 Å². The molecule has 0 fully saturated rings. The highest BCUT2D eigenvalue weighted by Crippen LogP contribution is 2.19. The number of aromatic nitrogens is 2. The topological polar surface area (TPSA) is 41.1 Å². The van der Waals surface area contributed by atoms with E-state index < -0.39 is 0 Å². The number of anilines is 1. The first kappa shape index (κ1) is 16.4. The number of rotatable bonds is 11. The Bertz CT molecular complexity index is 319. The Balaban J connectivity index is 2.53. The van der Waals surface area contributed by atoms with E-state index in [1.807, 2.05) is 0 Å². The molecule has 110 valence electrons. The fourth-order valence-electron chi connectivity index (χ4n) is 1.93. The molecule has 0 unspecified atom stereocenters. The molecule has 19 heavy (non-hydrogen) atoms.